The second-order valence-corrected chi connectivity index (χ2v) is 3.90. The molecule has 0 saturated carbocycles. The van der Waals surface area contributed by atoms with Crippen molar-refractivity contribution in [1.29, 1.82) is 0 Å². The number of benzene rings is 1. The number of ether oxygens (including phenoxy) is 1. The van der Waals surface area contributed by atoms with Gasteiger partial charge in [0.1, 0.15) is 5.75 Å². The fraction of sp³-hybridized carbons (Fsp3) is 0.364. The highest BCUT2D eigenvalue weighted by Crippen LogP contribution is 2.20. The van der Waals surface area contributed by atoms with Gasteiger partial charge in [0.05, 0.1) is 20.2 Å². The summed E-state index contributed by atoms with van der Waals surface area (Å²) in [6, 6.07) is 7.63. The average molecular weight is 248 g/mol. The van der Waals surface area contributed by atoms with Gasteiger partial charge in [0.2, 0.25) is 0 Å². The molecule has 0 radical (unpaired) electrons. The van der Waals surface area contributed by atoms with Crippen LogP contribution in [0.25, 0.3) is 0 Å². The van der Waals surface area contributed by atoms with Crippen molar-refractivity contribution in [3.63, 3.8) is 0 Å². The number of hydrogen-bond donors (Lipinski definition) is 2. The Labute approximate surface area is 105 Å². The van der Waals surface area contributed by atoms with E-state index in [9.17, 15) is 0 Å². The number of tetrazole rings is 1. The van der Waals surface area contributed by atoms with E-state index in [-0.39, 0.29) is 6.04 Å². The number of hydrazine groups is 1. The van der Waals surface area contributed by atoms with Crippen LogP contribution >= 0.6 is 0 Å². The summed E-state index contributed by atoms with van der Waals surface area (Å²) >= 11 is 0. The molecule has 1 aromatic heterocycles. The second kappa shape index (κ2) is 5.56. The highest BCUT2D eigenvalue weighted by molar-refractivity contribution is 5.30. The van der Waals surface area contributed by atoms with Gasteiger partial charge in [-0.05, 0) is 22.9 Å². The maximum Gasteiger partial charge on any atom is 0.176 e. The molecule has 0 spiro atoms. The monoisotopic (exact) mass is 248 g/mol. The first-order chi connectivity index (χ1) is 8.72. The molecule has 0 amide bonds. The van der Waals surface area contributed by atoms with E-state index in [4.69, 9.17) is 10.6 Å². The van der Waals surface area contributed by atoms with Crippen LogP contribution in [-0.4, -0.2) is 27.3 Å². The van der Waals surface area contributed by atoms with Crippen LogP contribution < -0.4 is 16.0 Å². The van der Waals surface area contributed by atoms with E-state index >= 15 is 0 Å². The van der Waals surface area contributed by atoms with Gasteiger partial charge in [0, 0.05) is 6.42 Å². The topological polar surface area (TPSA) is 90.9 Å². The molecule has 96 valence electrons. The van der Waals surface area contributed by atoms with Gasteiger partial charge in [-0.25, -0.2) is 0 Å². The number of methoxy groups -OCH3 is 1. The lowest BCUT2D eigenvalue weighted by Crippen LogP contribution is -2.29. The van der Waals surface area contributed by atoms with Gasteiger partial charge in [-0.15, -0.1) is 10.2 Å². The zero-order chi connectivity index (χ0) is 13.0. The Balaban J connectivity index is 2.17. The van der Waals surface area contributed by atoms with Gasteiger partial charge in [-0.1, -0.05) is 12.1 Å². The minimum atomic E-state index is -0.0794. The van der Waals surface area contributed by atoms with E-state index in [1.54, 1.807) is 14.2 Å². The first-order valence-corrected chi connectivity index (χ1v) is 5.56. The molecular formula is C11H16N6O. The molecule has 0 fully saturated rings. The highest BCUT2D eigenvalue weighted by Gasteiger charge is 2.14. The van der Waals surface area contributed by atoms with E-state index < -0.39 is 0 Å². The van der Waals surface area contributed by atoms with Crippen molar-refractivity contribution in [2.75, 3.05) is 7.11 Å². The maximum absolute atomic E-state index is 5.58. The van der Waals surface area contributed by atoms with Crippen molar-refractivity contribution in [1.82, 2.24) is 25.6 Å². The molecule has 3 N–H and O–H groups in total. The van der Waals surface area contributed by atoms with E-state index in [0.717, 1.165) is 11.3 Å². The zero-order valence-electron chi connectivity index (χ0n) is 10.4. The summed E-state index contributed by atoms with van der Waals surface area (Å²) in [5.74, 6) is 7.01. The van der Waals surface area contributed by atoms with Crippen molar-refractivity contribution in [2.24, 2.45) is 12.9 Å². The fourth-order valence-corrected chi connectivity index (χ4v) is 1.72. The minimum absolute atomic E-state index is 0.0794. The van der Waals surface area contributed by atoms with Crippen LogP contribution in [0.15, 0.2) is 24.3 Å². The van der Waals surface area contributed by atoms with Gasteiger partial charge in [0.25, 0.3) is 0 Å². The molecular weight excluding hydrogens is 232 g/mol. The largest absolute Gasteiger partial charge is 0.497 e. The molecule has 7 heteroatoms. The molecule has 2 rings (SSSR count). The Morgan fingerprint density at radius 3 is 2.94 bits per heavy atom. The molecule has 1 unspecified atom stereocenters. The number of aryl methyl sites for hydroxylation is 1. The van der Waals surface area contributed by atoms with Crippen LogP contribution in [0.5, 0.6) is 5.75 Å². The summed E-state index contributed by atoms with van der Waals surface area (Å²) in [7, 11) is 3.36. The van der Waals surface area contributed by atoms with Crippen molar-refractivity contribution >= 4 is 0 Å². The minimum Gasteiger partial charge on any atom is -0.497 e. The van der Waals surface area contributed by atoms with Crippen LogP contribution in [-0.2, 0) is 13.5 Å². The lowest BCUT2D eigenvalue weighted by molar-refractivity contribution is 0.412. The van der Waals surface area contributed by atoms with Gasteiger partial charge >= 0.3 is 0 Å². The Kier molecular flexibility index (Phi) is 3.85. The molecule has 0 aliphatic rings. The third kappa shape index (κ3) is 2.82. The number of rotatable bonds is 5. The number of aromatic nitrogens is 4. The first-order valence-electron chi connectivity index (χ1n) is 5.56. The van der Waals surface area contributed by atoms with Crippen molar-refractivity contribution < 1.29 is 4.74 Å². The Bertz CT molecular complexity index is 512. The van der Waals surface area contributed by atoms with Crippen LogP contribution in [0, 0.1) is 0 Å². The maximum atomic E-state index is 5.58. The molecule has 2 aromatic rings. The summed E-state index contributed by atoms with van der Waals surface area (Å²) in [5, 5.41) is 11.9. The molecule has 1 heterocycles. The van der Waals surface area contributed by atoms with Gasteiger partial charge in [-0.3, -0.25) is 11.3 Å². The lowest BCUT2D eigenvalue weighted by atomic mass is 10.0. The molecule has 0 saturated heterocycles. The van der Waals surface area contributed by atoms with Crippen LogP contribution in [0.1, 0.15) is 17.4 Å². The molecule has 1 atom stereocenters. The normalized spacial score (nSPS) is 12.4. The quantitative estimate of drug-likeness (QED) is 0.570. The summed E-state index contributed by atoms with van der Waals surface area (Å²) in [6.45, 7) is 0. The van der Waals surface area contributed by atoms with Gasteiger partial charge < -0.3 is 4.74 Å². The van der Waals surface area contributed by atoms with Crippen molar-refractivity contribution in [3.8, 4) is 5.75 Å². The fourth-order valence-electron chi connectivity index (χ4n) is 1.72. The summed E-state index contributed by atoms with van der Waals surface area (Å²) < 4.78 is 5.19. The highest BCUT2D eigenvalue weighted by atomic mass is 16.5. The molecule has 7 nitrogen and oxygen atoms in total. The average Bonchev–Trinajstić information content (AvgIpc) is 2.81. The smallest absolute Gasteiger partial charge is 0.176 e. The van der Waals surface area contributed by atoms with Crippen molar-refractivity contribution in [3.05, 3.63) is 35.7 Å². The molecule has 0 aliphatic heterocycles. The Hall–Kier alpha value is -1.99. The summed E-state index contributed by atoms with van der Waals surface area (Å²) in [5.41, 5.74) is 3.77. The molecule has 18 heavy (non-hydrogen) atoms. The number of nitrogens with one attached hydrogen (secondary N) is 1. The van der Waals surface area contributed by atoms with Gasteiger partial charge in [-0.2, -0.15) is 4.80 Å². The lowest BCUT2D eigenvalue weighted by Gasteiger charge is -2.15. The number of hydrogen-bond acceptors (Lipinski definition) is 6. The Morgan fingerprint density at radius 2 is 2.33 bits per heavy atom. The van der Waals surface area contributed by atoms with Gasteiger partial charge in [0.15, 0.2) is 5.82 Å². The number of nitrogens with zero attached hydrogens (tertiary/aromatic N) is 4. The molecule has 1 aromatic carbocycles. The molecule has 0 aliphatic carbocycles. The van der Waals surface area contributed by atoms with E-state index in [1.807, 2.05) is 24.3 Å². The predicted molar refractivity (Wildman–Crippen MR) is 65.6 cm³/mol. The van der Waals surface area contributed by atoms with Crippen LogP contribution in [0.4, 0.5) is 0 Å². The predicted octanol–water partition coefficient (Wildman–Crippen LogP) is -0.0342. The summed E-state index contributed by atoms with van der Waals surface area (Å²) in [6.07, 6.45) is 0.567. The van der Waals surface area contributed by atoms with E-state index in [0.29, 0.717) is 12.2 Å². The third-order valence-electron chi connectivity index (χ3n) is 2.63. The standard InChI is InChI=1S/C11H16N6O/c1-17-15-11(14-16-17)7-10(13-12)8-4-3-5-9(6-8)18-2/h3-6,10,13H,7,12H2,1-2H3. The van der Waals surface area contributed by atoms with Crippen molar-refractivity contribution in [2.45, 2.75) is 12.5 Å². The zero-order valence-corrected chi connectivity index (χ0v) is 10.4. The Morgan fingerprint density at radius 1 is 1.50 bits per heavy atom. The third-order valence-corrected chi connectivity index (χ3v) is 2.63. The number of nitrogens with two attached hydrogens (primary N) is 1. The van der Waals surface area contributed by atoms with E-state index in [2.05, 4.69) is 20.8 Å². The first kappa shape index (κ1) is 12.5. The van der Waals surface area contributed by atoms with Crippen LogP contribution in [0.3, 0.4) is 0 Å². The van der Waals surface area contributed by atoms with Crippen LogP contribution in [0.2, 0.25) is 0 Å². The SMILES string of the molecule is COc1cccc(C(Cc2nnn(C)n2)NN)c1. The second-order valence-electron chi connectivity index (χ2n) is 3.90. The summed E-state index contributed by atoms with van der Waals surface area (Å²) in [4.78, 5) is 1.43. The molecule has 0 bridgehead atoms. The van der Waals surface area contributed by atoms with E-state index in [1.165, 1.54) is 4.80 Å².